The number of alkyl halides is 6. The van der Waals surface area contributed by atoms with Crippen molar-refractivity contribution in [3.63, 3.8) is 0 Å². The van der Waals surface area contributed by atoms with Crippen molar-refractivity contribution in [1.29, 1.82) is 0 Å². The average molecular weight is 427 g/mol. The molecule has 4 nitrogen and oxygen atoms in total. The van der Waals surface area contributed by atoms with Crippen LogP contribution in [0.15, 0.2) is 42.6 Å². The van der Waals surface area contributed by atoms with Gasteiger partial charge in [-0.2, -0.15) is 13.2 Å². The molecule has 0 saturated heterocycles. The smallest absolute Gasteiger partial charge is 0.406 e. The van der Waals surface area contributed by atoms with Crippen LogP contribution in [0.5, 0.6) is 5.75 Å². The molecule has 0 saturated carbocycles. The highest BCUT2D eigenvalue weighted by atomic mass is 19.4. The number of nitrogens with zero attached hydrogens (tertiary/aromatic N) is 3. The van der Waals surface area contributed by atoms with Crippen LogP contribution in [0.4, 0.5) is 26.3 Å². The highest BCUT2D eigenvalue weighted by Gasteiger charge is 2.32. The van der Waals surface area contributed by atoms with Gasteiger partial charge in [-0.05, 0) is 35.4 Å². The lowest BCUT2D eigenvalue weighted by Crippen LogP contribution is -2.30. The molecule has 0 spiro atoms. The maximum Gasteiger partial charge on any atom is 0.573 e. The molecule has 0 unspecified atom stereocenters. The number of pyridine rings is 2. The van der Waals surface area contributed by atoms with Gasteiger partial charge < -0.3 is 4.74 Å². The Balaban J connectivity index is 1.50. The van der Waals surface area contributed by atoms with E-state index in [2.05, 4.69) is 19.6 Å². The standard InChI is InChI=1S/C20H15F6N3O/c21-19(22,23)15-8-13-7-14-11-29(6-5-17(14)28-18(13)27-9-15)10-12-1-3-16(4-2-12)30-20(24,25)26/h1-4,7-9H,5-6,10-11H2. The SMILES string of the molecule is FC(F)(F)Oc1ccc(CN2CCc3nc4ncc(C(F)(F)F)cc4cc3C2)cc1. The number of ether oxygens (including phenoxy) is 1. The predicted octanol–water partition coefficient (Wildman–Crippen LogP) is 5.11. The fraction of sp³-hybridized carbons (Fsp3) is 0.300. The van der Waals surface area contributed by atoms with E-state index in [0.717, 1.165) is 29.1 Å². The van der Waals surface area contributed by atoms with Crippen molar-refractivity contribution in [3.05, 3.63) is 65.0 Å². The van der Waals surface area contributed by atoms with Crippen LogP contribution in [0.1, 0.15) is 22.4 Å². The number of benzene rings is 1. The number of aromatic nitrogens is 2. The summed E-state index contributed by atoms with van der Waals surface area (Å²) in [5.74, 6) is -0.293. The topological polar surface area (TPSA) is 38.2 Å². The third-order valence-electron chi connectivity index (χ3n) is 4.79. The molecule has 2 aromatic heterocycles. The zero-order valence-electron chi connectivity index (χ0n) is 15.4. The Hall–Kier alpha value is -2.88. The van der Waals surface area contributed by atoms with Gasteiger partial charge in [-0.1, -0.05) is 12.1 Å². The molecule has 0 fully saturated rings. The molecular weight excluding hydrogens is 412 g/mol. The Kier molecular flexibility index (Phi) is 5.05. The summed E-state index contributed by atoms with van der Waals surface area (Å²) >= 11 is 0. The molecule has 158 valence electrons. The molecule has 3 aromatic rings. The molecular formula is C20H15F6N3O. The summed E-state index contributed by atoms with van der Waals surface area (Å²) < 4.78 is 79.4. The van der Waals surface area contributed by atoms with Crippen LogP contribution in [0.3, 0.4) is 0 Å². The van der Waals surface area contributed by atoms with Crippen LogP contribution in [0.2, 0.25) is 0 Å². The van der Waals surface area contributed by atoms with Crippen LogP contribution in [0, 0.1) is 0 Å². The van der Waals surface area contributed by atoms with Crippen LogP contribution in [-0.2, 0) is 25.7 Å². The summed E-state index contributed by atoms with van der Waals surface area (Å²) in [5.41, 5.74) is 1.84. The van der Waals surface area contributed by atoms with E-state index in [-0.39, 0.29) is 11.4 Å². The molecule has 4 rings (SSSR count). The van der Waals surface area contributed by atoms with Gasteiger partial charge in [0.2, 0.25) is 0 Å². The summed E-state index contributed by atoms with van der Waals surface area (Å²) in [6, 6.07) is 8.31. The minimum atomic E-state index is -4.74. The third-order valence-corrected chi connectivity index (χ3v) is 4.79. The van der Waals surface area contributed by atoms with Crippen LogP contribution in [-0.4, -0.2) is 27.8 Å². The van der Waals surface area contributed by atoms with Gasteiger partial charge in [0, 0.05) is 43.3 Å². The first-order chi connectivity index (χ1) is 14.1. The van der Waals surface area contributed by atoms with Gasteiger partial charge in [-0.15, -0.1) is 13.2 Å². The lowest BCUT2D eigenvalue weighted by atomic mass is 10.0. The second kappa shape index (κ2) is 7.42. The van der Waals surface area contributed by atoms with Gasteiger partial charge in [0.15, 0.2) is 5.65 Å². The Bertz CT molecular complexity index is 1060. The van der Waals surface area contributed by atoms with Gasteiger partial charge >= 0.3 is 12.5 Å². The van der Waals surface area contributed by atoms with Crippen molar-refractivity contribution in [2.45, 2.75) is 32.0 Å². The first-order valence-electron chi connectivity index (χ1n) is 9.00. The summed E-state index contributed by atoms with van der Waals surface area (Å²) in [7, 11) is 0. The fourth-order valence-corrected chi connectivity index (χ4v) is 3.43. The van der Waals surface area contributed by atoms with Gasteiger partial charge in [0.05, 0.1) is 5.56 Å². The van der Waals surface area contributed by atoms with E-state index in [9.17, 15) is 26.3 Å². The van der Waals surface area contributed by atoms with Crippen LogP contribution >= 0.6 is 0 Å². The minimum Gasteiger partial charge on any atom is -0.406 e. The normalized spacial score (nSPS) is 15.3. The highest BCUT2D eigenvalue weighted by Crippen LogP contribution is 2.31. The zero-order chi connectivity index (χ0) is 21.5. The van der Waals surface area contributed by atoms with E-state index in [4.69, 9.17) is 0 Å². The summed E-state index contributed by atoms with van der Waals surface area (Å²) in [5, 5.41) is 0.319. The Labute approximate surface area is 167 Å². The maximum atomic E-state index is 12.9. The van der Waals surface area contributed by atoms with E-state index >= 15 is 0 Å². The number of halogens is 6. The molecule has 1 aliphatic heterocycles. The molecule has 1 aromatic carbocycles. The molecule has 0 atom stereocenters. The highest BCUT2D eigenvalue weighted by molar-refractivity contribution is 5.76. The third kappa shape index (κ3) is 4.64. The average Bonchev–Trinajstić information content (AvgIpc) is 2.65. The van der Waals surface area contributed by atoms with Gasteiger partial charge in [-0.25, -0.2) is 9.97 Å². The van der Waals surface area contributed by atoms with Gasteiger partial charge in [0.25, 0.3) is 0 Å². The quantitative estimate of drug-likeness (QED) is 0.545. The fourth-order valence-electron chi connectivity index (χ4n) is 3.43. The van der Waals surface area contributed by atoms with Crippen molar-refractivity contribution in [3.8, 4) is 5.75 Å². The number of rotatable bonds is 3. The molecule has 0 amide bonds. The molecule has 3 heterocycles. The van der Waals surface area contributed by atoms with Crippen molar-refractivity contribution in [1.82, 2.24) is 14.9 Å². The molecule has 30 heavy (non-hydrogen) atoms. The second-order valence-corrected chi connectivity index (χ2v) is 7.02. The summed E-state index contributed by atoms with van der Waals surface area (Å²) in [4.78, 5) is 10.3. The Morgan fingerprint density at radius 3 is 2.40 bits per heavy atom. The van der Waals surface area contributed by atoms with E-state index in [1.165, 1.54) is 12.1 Å². The maximum absolute atomic E-state index is 12.9. The molecule has 0 aliphatic carbocycles. The van der Waals surface area contributed by atoms with Gasteiger partial charge in [0.1, 0.15) is 5.75 Å². The second-order valence-electron chi connectivity index (χ2n) is 7.02. The molecule has 1 aliphatic rings. The Morgan fingerprint density at radius 2 is 1.73 bits per heavy atom. The number of hydrogen-bond acceptors (Lipinski definition) is 4. The van der Waals surface area contributed by atoms with E-state index in [1.54, 1.807) is 18.2 Å². The predicted molar refractivity (Wildman–Crippen MR) is 95.5 cm³/mol. The summed E-state index contributed by atoms with van der Waals surface area (Å²) in [6.45, 7) is 1.60. The lowest BCUT2D eigenvalue weighted by molar-refractivity contribution is -0.274. The molecule has 0 N–H and O–H groups in total. The minimum absolute atomic E-state index is 0.274. The first-order valence-corrected chi connectivity index (χ1v) is 9.00. The van der Waals surface area contributed by atoms with E-state index in [1.807, 2.05) is 0 Å². The van der Waals surface area contributed by atoms with Crippen molar-refractivity contribution in [2.24, 2.45) is 0 Å². The van der Waals surface area contributed by atoms with E-state index < -0.39 is 18.1 Å². The van der Waals surface area contributed by atoms with E-state index in [0.29, 0.717) is 31.4 Å². The summed E-state index contributed by atoms with van der Waals surface area (Å²) in [6.07, 6.45) is -7.84. The monoisotopic (exact) mass is 427 g/mol. The van der Waals surface area contributed by atoms with Gasteiger partial charge in [-0.3, -0.25) is 4.90 Å². The number of fused-ring (bicyclic) bond motifs is 2. The zero-order valence-corrected chi connectivity index (χ0v) is 15.4. The lowest BCUT2D eigenvalue weighted by Gasteiger charge is -2.28. The molecule has 0 bridgehead atoms. The largest absolute Gasteiger partial charge is 0.573 e. The van der Waals surface area contributed by atoms with Crippen LogP contribution < -0.4 is 4.74 Å². The molecule has 10 heteroatoms. The Morgan fingerprint density at radius 1 is 1.00 bits per heavy atom. The van der Waals surface area contributed by atoms with Crippen LogP contribution in [0.25, 0.3) is 11.0 Å². The van der Waals surface area contributed by atoms with Crippen molar-refractivity contribution >= 4 is 11.0 Å². The molecule has 0 radical (unpaired) electrons. The first kappa shape index (κ1) is 20.4. The van der Waals surface area contributed by atoms with Crippen molar-refractivity contribution in [2.75, 3.05) is 6.54 Å². The number of hydrogen-bond donors (Lipinski definition) is 0. The van der Waals surface area contributed by atoms with Crippen molar-refractivity contribution < 1.29 is 31.1 Å².